The third-order valence-electron chi connectivity index (χ3n) is 5.50. The summed E-state index contributed by atoms with van der Waals surface area (Å²) in [5.74, 6) is 0.577. The van der Waals surface area contributed by atoms with Crippen LogP contribution in [0, 0.1) is 5.92 Å². The van der Waals surface area contributed by atoms with Crippen LogP contribution in [0.2, 0.25) is 0 Å². The van der Waals surface area contributed by atoms with Crippen LogP contribution in [0.5, 0.6) is 0 Å². The summed E-state index contributed by atoms with van der Waals surface area (Å²) in [6, 6.07) is 0.436. The summed E-state index contributed by atoms with van der Waals surface area (Å²) in [6.07, 6.45) is 5.67. The summed E-state index contributed by atoms with van der Waals surface area (Å²) >= 11 is 0. The van der Waals surface area contributed by atoms with Crippen LogP contribution in [0.1, 0.15) is 25.7 Å². The van der Waals surface area contributed by atoms with Gasteiger partial charge in [0.1, 0.15) is 9.84 Å². The maximum Gasteiger partial charge on any atom is 0.150 e. The second-order valence-electron chi connectivity index (χ2n) is 7.22. The predicted octanol–water partition coefficient (Wildman–Crippen LogP) is -1.41. The van der Waals surface area contributed by atoms with Crippen molar-refractivity contribution >= 4 is 9.84 Å². The molecule has 1 saturated carbocycles. The fourth-order valence-corrected chi connectivity index (χ4v) is 5.21. The minimum Gasteiger partial charge on any atom is -0.312 e. The highest BCUT2D eigenvalue weighted by molar-refractivity contribution is 7.91. The molecule has 2 unspecified atom stereocenters. The Morgan fingerprint density at radius 2 is 1.74 bits per heavy atom. The van der Waals surface area contributed by atoms with Gasteiger partial charge in [-0.25, -0.2) is 8.42 Å². The minimum absolute atomic E-state index is 0.122. The maximum atomic E-state index is 11.7. The van der Waals surface area contributed by atoms with Crippen LogP contribution >= 0.6 is 0 Å². The average Bonchev–Trinajstić information content (AvgIpc) is 3.06. The van der Waals surface area contributed by atoms with E-state index in [1.54, 1.807) is 0 Å². The van der Waals surface area contributed by atoms with Gasteiger partial charge >= 0.3 is 0 Å². The van der Waals surface area contributed by atoms with Crippen molar-refractivity contribution in [2.45, 2.75) is 49.3 Å². The molecule has 3 aliphatic rings. The molecule has 2 heterocycles. The maximum absolute atomic E-state index is 11.7. The zero-order chi connectivity index (χ0) is 16.3. The molecule has 0 radical (unpaired) electrons. The Kier molecular flexibility index (Phi) is 5.92. The molecule has 7 nitrogen and oxygen atoms in total. The number of sulfone groups is 1. The van der Waals surface area contributed by atoms with Gasteiger partial charge in [0.25, 0.3) is 0 Å². The van der Waals surface area contributed by atoms with Crippen molar-refractivity contribution in [3.8, 4) is 0 Å². The van der Waals surface area contributed by atoms with E-state index in [1.807, 2.05) is 0 Å². The molecule has 2 aliphatic heterocycles. The Hall–Kier alpha value is -0.250. The number of hydrogen-bond acceptors (Lipinski definition) is 7. The van der Waals surface area contributed by atoms with Crippen molar-refractivity contribution in [2.75, 3.05) is 39.0 Å². The lowest BCUT2D eigenvalue weighted by atomic mass is 9.83. The summed E-state index contributed by atoms with van der Waals surface area (Å²) in [4.78, 5) is 0. The van der Waals surface area contributed by atoms with Crippen molar-refractivity contribution in [1.29, 1.82) is 0 Å². The Morgan fingerprint density at radius 1 is 1.04 bits per heavy atom. The molecule has 2 saturated heterocycles. The smallest absolute Gasteiger partial charge is 0.150 e. The van der Waals surface area contributed by atoms with Gasteiger partial charge < -0.3 is 5.32 Å². The second kappa shape index (κ2) is 7.76. The van der Waals surface area contributed by atoms with Crippen molar-refractivity contribution in [2.24, 2.45) is 5.92 Å². The standard InChI is InChI=1S/C15H31N5O2S/c1-23(21,22)12-4-2-11(3-5-12)13-8-16-9-15(20-13)19-10-14-17-6-7-18-14/h11-20H,2-10H2,1H3. The van der Waals surface area contributed by atoms with E-state index >= 15 is 0 Å². The topological polar surface area (TPSA) is 94.3 Å². The number of nitrogens with one attached hydrogen (secondary N) is 5. The molecular formula is C15H31N5O2S. The van der Waals surface area contributed by atoms with Gasteiger partial charge in [-0.2, -0.15) is 0 Å². The fraction of sp³-hybridized carbons (Fsp3) is 1.00. The average molecular weight is 346 g/mol. The third kappa shape index (κ3) is 4.87. The van der Waals surface area contributed by atoms with E-state index in [-0.39, 0.29) is 11.4 Å². The Bertz CT molecular complexity index is 472. The molecule has 0 amide bonds. The molecular weight excluding hydrogens is 314 g/mol. The zero-order valence-corrected chi connectivity index (χ0v) is 14.8. The molecule has 3 rings (SSSR count). The van der Waals surface area contributed by atoms with Crippen molar-refractivity contribution < 1.29 is 8.42 Å². The highest BCUT2D eigenvalue weighted by atomic mass is 32.2. The first kappa shape index (κ1) is 17.6. The minimum atomic E-state index is -2.87. The van der Waals surface area contributed by atoms with E-state index in [2.05, 4.69) is 26.6 Å². The lowest BCUT2D eigenvalue weighted by Crippen LogP contribution is -2.64. The fourth-order valence-electron chi connectivity index (χ4n) is 4.08. The number of piperazine rings is 1. The first-order valence-electron chi connectivity index (χ1n) is 8.88. The lowest BCUT2D eigenvalue weighted by Gasteiger charge is -2.40. The van der Waals surface area contributed by atoms with Gasteiger partial charge in [0.2, 0.25) is 0 Å². The van der Waals surface area contributed by atoms with Crippen LogP contribution in [0.4, 0.5) is 0 Å². The van der Waals surface area contributed by atoms with Gasteiger partial charge in [0.05, 0.1) is 17.6 Å². The van der Waals surface area contributed by atoms with Gasteiger partial charge in [-0.05, 0) is 31.6 Å². The van der Waals surface area contributed by atoms with E-state index in [4.69, 9.17) is 0 Å². The monoisotopic (exact) mass is 345 g/mol. The predicted molar refractivity (Wildman–Crippen MR) is 92.0 cm³/mol. The van der Waals surface area contributed by atoms with E-state index < -0.39 is 9.84 Å². The second-order valence-corrected chi connectivity index (χ2v) is 9.55. The lowest BCUT2D eigenvalue weighted by molar-refractivity contribution is 0.200. The molecule has 0 aromatic heterocycles. The highest BCUT2D eigenvalue weighted by Crippen LogP contribution is 2.30. The molecule has 1 aliphatic carbocycles. The summed E-state index contributed by atoms with van der Waals surface area (Å²) in [7, 11) is -2.87. The van der Waals surface area contributed by atoms with Crippen LogP contribution in [0.15, 0.2) is 0 Å². The molecule has 0 aromatic carbocycles. The molecule has 0 aromatic rings. The van der Waals surface area contributed by atoms with Crippen LogP contribution in [0.25, 0.3) is 0 Å². The molecule has 2 atom stereocenters. The van der Waals surface area contributed by atoms with Crippen LogP contribution in [-0.2, 0) is 9.84 Å². The van der Waals surface area contributed by atoms with Crippen LogP contribution in [-0.4, -0.2) is 71.0 Å². The van der Waals surface area contributed by atoms with Gasteiger partial charge in [0, 0.05) is 45.0 Å². The van der Waals surface area contributed by atoms with E-state index in [9.17, 15) is 8.42 Å². The normalized spacial score (nSPS) is 37.1. The molecule has 134 valence electrons. The third-order valence-corrected chi connectivity index (χ3v) is 7.18. The van der Waals surface area contributed by atoms with Crippen LogP contribution < -0.4 is 26.6 Å². The Labute approximate surface area is 139 Å². The molecule has 0 spiro atoms. The van der Waals surface area contributed by atoms with E-state index in [1.165, 1.54) is 6.26 Å². The first-order chi connectivity index (χ1) is 11.0. The highest BCUT2D eigenvalue weighted by Gasteiger charge is 2.33. The summed E-state index contributed by atoms with van der Waals surface area (Å²) in [6.45, 7) is 4.89. The number of hydrogen-bond donors (Lipinski definition) is 5. The van der Waals surface area contributed by atoms with E-state index in [0.717, 1.165) is 58.4 Å². The SMILES string of the molecule is CS(=O)(=O)C1CCC(C2CNCC(NCC3NCCN3)N2)CC1. The molecule has 8 heteroatoms. The first-order valence-corrected chi connectivity index (χ1v) is 10.8. The number of rotatable bonds is 5. The molecule has 0 bridgehead atoms. The Morgan fingerprint density at radius 3 is 2.39 bits per heavy atom. The van der Waals surface area contributed by atoms with Gasteiger partial charge in [-0.15, -0.1) is 0 Å². The largest absolute Gasteiger partial charge is 0.312 e. The van der Waals surface area contributed by atoms with Crippen molar-refractivity contribution in [3.05, 3.63) is 0 Å². The van der Waals surface area contributed by atoms with Crippen LogP contribution in [0.3, 0.4) is 0 Å². The van der Waals surface area contributed by atoms with Gasteiger partial charge in [-0.3, -0.25) is 21.3 Å². The molecule has 3 fully saturated rings. The zero-order valence-electron chi connectivity index (χ0n) is 14.0. The van der Waals surface area contributed by atoms with Gasteiger partial charge in [0.15, 0.2) is 0 Å². The summed E-state index contributed by atoms with van der Waals surface area (Å²) in [5, 5.41) is 17.5. The molecule has 5 N–H and O–H groups in total. The van der Waals surface area contributed by atoms with Crippen molar-refractivity contribution in [3.63, 3.8) is 0 Å². The van der Waals surface area contributed by atoms with E-state index in [0.29, 0.717) is 18.1 Å². The Balaban J connectivity index is 1.43. The van der Waals surface area contributed by atoms with Gasteiger partial charge in [-0.1, -0.05) is 0 Å². The quantitative estimate of drug-likeness (QED) is 0.418. The molecule has 23 heavy (non-hydrogen) atoms. The van der Waals surface area contributed by atoms with Crippen molar-refractivity contribution in [1.82, 2.24) is 26.6 Å². The summed E-state index contributed by atoms with van der Waals surface area (Å²) < 4.78 is 23.4. The summed E-state index contributed by atoms with van der Waals surface area (Å²) in [5.41, 5.74) is 0.